The summed E-state index contributed by atoms with van der Waals surface area (Å²) in [6.45, 7) is 0. The third-order valence-corrected chi connectivity index (χ3v) is 0.643. The quantitative estimate of drug-likeness (QED) is 0.467. The zero-order valence-corrected chi connectivity index (χ0v) is 4.20. The van der Waals surface area contributed by atoms with Gasteiger partial charge < -0.3 is 5.73 Å². The molecule has 1 heterocycles. The van der Waals surface area contributed by atoms with Crippen LogP contribution in [0.15, 0.2) is 28.3 Å². The van der Waals surface area contributed by atoms with Crippen LogP contribution in [0.1, 0.15) is 0 Å². The van der Waals surface area contributed by atoms with Gasteiger partial charge in [-0.25, -0.2) is 4.99 Å². The van der Waals surface area contributed by atoms with E-state index in [1.807, 2.05) is 0 Å². The standard InChI is InChI=1S/C5H5N3/c6-5-7-3-1-2-4-8-5/h1-3H,(H2,6,7). The van der Waals surface area contributed by atoms with E-state index in [1.54, 1.807) is 18.4 Å². The van der Waals surface area contributed by atoms with Crippen molar-refractivity contribution < 1.29 is 0 Å². The molecule has 0 spiro atoms. The molecule has 2 N–H and O–H groups in total. The summed E-state index contributed by atoms with van der Waals surface area (Å²) in [6, 6.07) is 0. The highest BCUT2D eigenvalue weighted by Gasteiger charge is 1.79. The Bertz CT molecular complexity index is 194. The Balaban J connectivity index is 2.94. The number of allylic oxidation sites excluding steroid dienone is 2. The van der Waals surface area contributed by atoms with Gasteiger partial charge in [0.25, 0.3) is 0 Å². The van der Waals surface area contributed by atoms with Crippen molar-refractivity contribution in [2.75, 3.05) is 0 Å². The van der Waals surface area contributed by atoms with E-state index in [9.17, 15) is 0 Å². The van der Waals surface area contributed by atoms with Gasteiger partial charge in [0.1, 0.15) is 0 Å². The van der Waals surface area contributed by atoms with Crippen LogP contribution in [0.5, 0.6) is 0 Å². The molecule has 0 aromatic rings. The van der Waals surface area contributed by atoms with Crippen LogP contribution in [0.4, 0.5) is 0 Å². The van der Waals surface area contributed by atoms with E-state index < -0.39 is 0 Å². The molecule has 0 saturated heterocycles. The van der Waals surface area contributed by atoms with Crippen LogP contribution in [-0.4, -0.2) is 11.8 Å². The van der Waals surface area contributed by atoms with Crippen molar-refractivity contribution in [1.29, 1.82) is 0 Å². The molecule has 3 nitrogen and oxygen atoms in total. The number of guanidine groups is 1. The highest BCUT2D eigenvalue weighted by atomic mass is 15.0. The number of nitrogens with two attached hydrogens (primary N) is 1. The summed E-state index contributed by atoms with van der Waals surface area (Å²) in [5.74, 6) is 2.80. The molecular formula is C5H5N3. The van der Waals surface area contributed by atoms with Gasteiger partial charge in [0.2, 0.25) is 5.96 Å². The van der Waals surface area contributed by atoms with Gasteiger partial charge >= 0.3 is 0 Å². The third-order valence-electron chi connectivity index (χ3n) is 0.643. The average Bonchev–Trinajstić information content (AvgIpc) is 1.94. The predicted molar refractivity (Wildman–Crippen MR) is 32.8 cm³/mol. The van der Waals surface area contributed by atoms with Crippen molar-refractivity contribution in [3.63, 3.8) is 0 Å². The van der Waals surface area contributed by atoms with Crippen molar-refractivity contribution in [2.45, 2.75) is 0 Å². The Morgan fingerprint density at radius 2 is 2.50 bits per heavy atom. The molecule has 1 rings (SSSR count). The molecule has 0 fully saturated rings. The summed E-state index contributed by atoms with van der Waals surface area (Å²) in [7, 11) is 0. The summed E-state index contributed by atoms with van der Waals surface area (Å²) in [6.07, 6.45) is 4.92. The van der Waals surface area contributed by atoms with Gasteiger partial charge in [-0.1, -0.05) is 0 Å². The molecule has 0 radical (unpaired) electrons. The van der Waals surface area contributed by atoms with Gasteiger partial charge in [-0.05, 0) is 11.9 Å². The largest absolute Gasteiger partial charge is 0.367 e. The minimum atomic E-state index is 0.245. The van der Waals surface area contributed by atoms with Gasteiger partial charge in [0.15, 0.2) is 0 Å². The van der Waals surface area contributed by atoms with Crippen LogP contribution in [0.3, 0.4) is 0 Å². The highest BCUT2D eigenvalue weighted by Crippen LogP contribution is 1.80. The maximum Gasteiger partial charge on any atom is 0.228 e. The van der Waals surface area contributed by atoms with E-state index in [1.165, 1.54) is 0 Å². The van der Waals surface area contributed by atoms with Crippen LogP contribution in [0.25, 0.3) is 0 Å². The first-order valence-electron chi connectivity index (χ1n) is 2.17. The first kappa shape index (κ1) is 4.81. The minimum absolute atomic E-state index is 0.245. The van der Waals surface area contributed by atoms with E-state index in [4.69, 9.17) is 5.73 Å². The van der Waals surface area contributed by atoms with E-state index >= 15 is 0 Å². The fourth-order valence-corrected chi connectivity index (χ4v) is 0.338. The monoisotopic (exact) mass is 107 g/mol. The zero-order valence-electron chi connectivity index (χ0n) is 4.20. The first-order chi connectivity index (χ1) is 3.89. The zero-order chi connectivity index (χ0) is 5.82. The molecule has 0 aromatic heterocycles. The lowest BCUT2D eigenvalue weighted by Crippen LogP contribution is -2.05. The van der Waals surface area contributed by atoms with Crippen molar-refractivity contribution in [3.8, 4) is 0 Å². The molecule has 0 bridgehead atoms. The Labute approximate surface area is 46.9 Å². The molecule has 0 aromatic carbocycles. The minimum Gasteiger partial charge on any atom is -0.367 e. The molecule has 3 heteroatoms. The van der Waals surface area contributed by atoms with Crippen LogP contribution in [0, 0.1) is 0 Å². The molecule has 0 amide bonds. The highest BCUT2D eigenvalue weighted by molar-refractivity contribution is 5.86. The first-order valence-corrected chi connectivity index (χ1v) is 2.17. The summed E-state index contributed by atoms with van der Waals surface area (Å²) in [4.78, 5) is 7.26. The SMILES string of the molecule is NC1=NC=CC=C=N1. The van der Waals surface area contributed by atoms with Crippen molar-refractivity contribution in [3.05, 3.63) is 18.4 Å². The molecular weight excluding hydrogens is 102 g/mol. The maximum absolute atomic E-state index is 5.18. The lowest BCUT2D eigenvalue weighted by Gasteiger charge is -1.78. The smallest absolute Gasteiger partial charge is 0.228 e. The molecule has 8 heavy (non-hydrogen) atoms. The lowest BCUT2D eigenvalue weighted by molar-refractivity contribution is 1.44. The van der Waals surface area contributed by atoms with Crippen LogP contribution in [-0.2, 0) is 0 Å². The van der Waals surface area contributed by atoms with E-state index in [-0.39, 0.29) is 5.96 Å². The van der Waals surface area contributed by atoms with Crippen LogP contribution in [0.2, 0.25) is 0 Å². The number of aliphatic imine (C=N–C) groups is 2. The second-order valence-electron chi connectivity index (χ2n) is 1.24. The van der Waals surface area contributed by atoms with Gasteiger partial charge in [-0.15, -0.1) is 0 Å². The lowest BCUT2D eigenvalue weighted by atomic mass is 10.6. The predicted octanol–water partition coefficient (Wildman–Crippen LogP) is 0.0543. The summed E-state index contributed by atoms with van der Waals surface area (Å²) < 4.78 is 0. The van der Waals surface area contributed by atoms with Crippen molar-refractivity contribution in [2.24, 2.45) is 15.7 Å². The second-order valence-corrected chi connectivity index (χ2v) is 1.24. The van der Waals surface area contributed by atoms with Gasteiger partial charge in [-0.2, -0.15) is 4.99 Å². The Hall–Kier alpha value is -1.34. The van der Waals surface area contributed by atoms with Crippen molar-refractivity contribution >= 4 is 11.8 Å². The summed E-state index contributed by atoms with van der Waals surface area (Å²) in [5, 5.41) is 0. The van der Waals surface area contributed by atoms with E-state index in [0.717, 1.165) is 0 Å². The normalized spacial score (nSPS) is 15.8. The molecule has 1 aliphatic heterocycles. The fourth-order valence-electron chi connectivity index (χ4n) is 0.338. The van der Waals surface area contributed by atoms with Gasteiger partial charge in [0.05, 0.1) is 0 Å². The maximum atomic E-state index is 5.18. The Morgan fingerprint density at radius 3 is 3.38 bits per heavy atom. The molecule has 40 valence electrons. The number of hydrogen-bond acceptors (Lipinski definition) is 3. The Kier molecular flexibility index (Phi) is 1.26. The average molecular weight is 107 g/mol. The second kappa shape index (κ2) is 2.09. The number of nitrogens with zero attached hydrogens (tertiary/aromatic N) is 2. The summed E-state index contributed by atoms with van der Waals surface area (Å²) >= 11 is 0. The number of hydrogen-bond donors (Lipinski definition) is 1. The third kappa shape index (κ3) is 1.06. The van der Waals surface area contributed by atoms with Gasteiger partial charge in [-0.3, -0.25) is 0 Å². The van der Waals surface area contributed by atoms with Gasteiger partial charge in [0, 0.05) is 12.3 Å². The van der Waals surface area contributed by atoms with Crippen LogP contribution < -0.4 is 5.73 Å². The molecule has 0 aliphatic carbocycles. The Morgan fingerprint density at radius 1 is 1.62 bits per heavy atom. The van der Waals surface area contributed by atoms with Crippen LogP contribution >= 0.6 is 0 Å². The molecule has 0 unspecified atom stereocenters. The van der Waals surface area contributed by atoms with Crippen molar-refractivity contribution in [1.82, 2.24) is 0 Å². The fraction of sp³-hybridized carbons (Fsp3) is 0. The van der Waals surface area contributed by atoms with E-state index in [2.05, 4.69) is 15.9 Å². The summed E-state index contributed by atoms with van der Waals surface area (Å²) in [5.41, 5.74) is 5.18. The molecule has 0 saturated carbocycles. The van der Waals surface area contributed by atoms with E-state index in [0.29, 0.717) is 0 Å². The molecule has 0 atom stereocenters. The number of rotatable bonds is 0. The topological polar surface area (TPSA) is 50.7 Å². The molecule has 1 aliphatic rings.